The number of amides is 2. The normalized spacial score (nSPS) is 16.2. The smallest absolute Gasteiger partial charge is 0.315 e. The lowest BCUT2D eigenvalue weighted by Gasteiger charge is -2.34. The number of aromatic nitrogens is 1. The number of pyridine rings is 1. The third kappa shape index (κ3) is 5.27. The van der Waals surface area contributed by atoms with Gasteiger partial charge in [-0.25, -0.2) is 4.79 Å². The number of hydrogen-bond donors (Lipinski definition) is 2. The molecule has 1 aliphatic heterocycles. The first-order valence-corrected chi connectivity index (χ1v) is 8.60. The first kappa shape index (κ1) is 17.4. The molecule has 2 amide bonds. The van der Waals surface area contributed by atoms with E-state index in [9.17, 15) is 4.79 Å². The van der Waals surface area contributed by atoms with Crippen LogP contribution in [0.2, 0.25) is 0 Å². The van der Waals surface area contributed by atoms with Crippen LogP contribution in [0, 0.1) is 0 Å². The minimum Gasteiger partial charge on any atom is -0.379 e. The molecule has 1 atom stereocenters. The molecule has 0 aliphatic carbocycles. The molecule has 6 nitrogen and oxygen atoms in total. The van der Waals surface area contributed by atoms with Crippen molar-refractivity contribution in [2.45, 2.75) is 12.6 Å². The van der Waals surface area contributed by atoms with E-state index in [4.69, 9.17) is 4.74 Å². The highest BCUT2D eigenvalue weighted by Gasteiger charge is 2.22. The first-order valence-electron chi connectivity index (χ1n) is 8.60. The largest absolute Gasteiger partial charge is 0.379 e. The van der Waals surface area contributed by atoms with Crippen molar-refractivity contribution in [1.29, 1.82) is 0 Å². The summed E-state index contributed by atoms with van der Waals surface area (Å²) in [4.78, 5) is 18.5. The molecule has 1 fully saturated rings. The molecule has 0 radical (unpaired) electrons. The molecule has 1 saturated heterocycles. The Labute approximate surface area is 148 Å². The number of ether oxygens (including phenoxy) is 1. The summed E-state index contributed by atoms with van der Waals surface area (Å²) in [6.45, 7) is 4.27. The van der Waals surface area contributed by atoms with Crippen LogP contribution in [0.25, 0.3) is 0 Å². The molecule has 0 saturated carbocycles. The molecule has 1 aromatic heterocycles. The Hall–Kier alpha value is -2.44. The van der Waals surface area contributed by atoms with Gasteiger partial charge in [-0.3, -0.25) is 9.88 Å². The summed E-state index contributed by atoms with van der Waals surface area (Å²) in [6.07, 6.45) is 3.44. The van der Waals surface area contributed by atoms with E-state index in [1.807, 2.05) is 30.3 Å². The molecule has 1 unspecified atom stereocenters. The first-order chi connectivity index (χ1) is 12.3. The Bertz CT molecular complexity index is 645. The standard InChI is InChI=1S/C19H24N4O2/c24-19(21-14-16-6-8-20-9-7-16)22-15-18(17-4-2-1-3-5-17)23-10-12-25-13-11-23/h1-9,18H,10-15H2,(H2,21,22,24). The van der Waals surface area contributed by atoms with E-state index < -0.39 is 0 Å². The highest BCUT2D eigenvalue weighted by atomic mass is 16.5. The molecule has 1 aliphatic rings. The minimum absolute atomic E-state index is 0.150. The summed E-state index contributed by atoms with van der Waals surface area (Å²) < 4.78 is 5.45. The topological polar surface area (TPSA) is 66.5 Å². The van der Waals surface area contributed by atoms with Gasteiger partial charge in [-0.05, 0) is 23.3 Å². The fraction of sp³-hybridized carbons (Fsp3) is 0.368. The predicted octanol–water partition coefficient (Wildman–Crippen LogP) is 1.95. The quantitative estimate of drug-likeness (QED) is 0.844. The summed E-state index contributed by atoms with van der Waals surface area (Å²) in [7, 11) is 0. The van der Waals surface area contributed by atoms with Gasteiger partial charge in [-0.2, -0.15) is 0 Å². The van der Waals surface area contributed by atoms with E-state index in [2.05, 4.69) is 32.7 Å². The number of nitrogens with zero attached hydrogens (tertiary/aromatic N) is 2. The Balaban J connectivity index is 1.55. The van der Waals surface area contributed by atoms with Gasteiger partial charge in [0.25, 0.3) is 0 Å². The molecule has 2 heterocycles. The number of benzene rings is 1. The van der Waals surface area contributed by atoms with Gasteiger partial charge < -0.3 is 15.4 Å². The third-order valence-corrected chi connectivity index (χ3v) is 4.33. The maximum Gasteiger partial charge on any atom is 0.315 e. The molecule has 2 aromatic rings. The summed E-state index contributed by atoms with van der Waals surface area (Å²) in [6, 6.07) is 14.1. The van der Waals surface area contributed by atoms with Gasteiger partial charge in [0.2, 0.25) is 0 Å². The highest BCUT2D eigenvalue weighted by molar-refractivity contribution is 5.73. The average Bonchev–Trinajstić information content (AvgIpc) is 2.69. The van der Waals surface area contributed by atoms with Crippen LogP contribution in [0.5, 0.6) is 0 Å². The number of rotatable bonds is 6. The lowest BCUT2D eigenvalue weighted by Crippen LogP contribution is -2.45. The van der Waals surface area contributed by atoms with Crippen LogP contribution in [-0.2, 0) is 11.3 Å². The van der Waals surface area contributed by atoms with Gasteiger partial charge in [-0.15, -0.1) is 0 Å². The van der Waals surface area contributed by atoms with Crippen molar-refractivity contribution >= 4 is 6.03 Å². The van der Waals surface area contributed by atoms with E-state index in [1.165, 1.54) is 5.56 Å². The molecule has 132 valence electrons. The zero-order valence-corrected chi connectivity index (χ0v) is 14.2. The molecule has 1 aromatic carbocycles. The number of morpholine rings is 1. The van der Waals surface area contributed by atoms with E-state index in [1.54, 1.807) is 12.4 Å². The molecule has 6 heteroatoms. The Morgan fingerprint density at radius 3 is 2.52 bits per heavy atom. The van der Waals surface area contributed by atoms with Gasteiger partial charge in [0.15, 0.2) is 0 Å². The number of urea groups is 1. The van der Waals surface area contributed by atoms with Crippen molar-refractivity contribution in [3.8, 4) is 0 Å². The Kier molecular flexibility index (Phi) is 6.36. The lowest BCUT2D eigenvalue weighted by molar-refractivity contribution is 0.0167. The molecule has 2 N–H and O–H groups in total. The Morgan fingerprint density at radius 2 is 1.80 bits per heavy atom. The highest BCUT2D eigenvalue weighted by Crippen LogP contribution is 2.20. The van der Waals surface area contributed by atoms with Crippen molar-refractivity contribution in [3.05, 3.63) is 66.0 Å². The second kappa shape index (κ2) is 9.15. The van der Waals surface area contributed by atoms with E-state index in [-0.39, 0.29) is 12.1 Å². The zero-order chi connectivity index (χ0) is 17.3. The zero-order valence-electron chi connectivity index (χ0n) is 14.2. The van der Waals surface area contributed by atoms with Gasteiger partial charge in [0, 0.05) is 38.6 Å². The van der Waals surface area contributed by atoms with Gasteiger partial charge in [0.1, 0.15) is 0 Å². The fourth-order valence-electron chi connectivity index (χ4n) is 2.96. The number of carbonyl (C=O) groups is 1. The summed E-state index contributed by atoms with van der Waals surface area (Å²) in [5.41, 5.74) is 2.23. The maximum absolute atomic E-state index is 12.2. The van der Waals surface area contributed by atoms with Crippen molar-refractivity contribution in [2.24, 2.45) is 0 Å². The Morgan fingerprint density at radius 1 is 1.08 bits per heavy atom. The van der Waals surface area contributed by atoms with Crippen molar-refractivity contribution in [3.63, 3.8) is 0 Å². The van der Waals surface area contributed by atoms with Crippen molar-refractivity contribution < 1.29 is 9.53 Å². The van der Waals surface area contributed by atoms with Crippen LogP contribution in [0.1, 0.15) is 17.2 Å². The summed E-state index contributed by atoms with van der Waals surface area (Å²) in [5.74, 6) is 0. The summed E-state index contributed by atoms with van der Waals surface area (Å²) >= 11 is 0. The van der Waals surface area contributed by atoms with Crippen molar-refractivity contribution in [2.75, 3.05) is 32.8 Å². The average molecular weight is 340 g/mol. The van der Waals surface area contributed by atoms with E-state index >= 15 is 0 Å². The minimum atomic E-state index is -0.161. The second-order valence-electron chi connectivity index (χ2n) is 5.99. The van der Waals surface area contributed by atoms with Gasteiger partial charge in [-0.1, -0.05) is 30.3 Å². The molecular formula is C19H24N4O2. The fourth-order valence-corrected chi connectivity index (χ4v) is 2.96. The van der Waals surface area contributed by atoms with E-state index in [0.717, 1.165) is 31.9 Å². The molecule has 3 rings (SSSR count). The lowest BCUT2D eigenvalue weighted by atomic mass is 10.0. The number of hydrogen-bond acceptors (Lipinski definition) is 4. The third-order valence-electron chi connectivity index (χ3n) is 4.33. The molecular weight excluding hydrogens is 316 g/mol. The second-order valence-corrected chi connectivity index (χ2v) is 5.99. The van der Waals surface area contributed by atoms with Crippen LogP contribution in [0.15, 0.2) is 54.9 Å². The molecule has 0 bridgehead atoms. The SMILES string of the molecule is O=C(NCc1ccncc1)NCC(c1ccccc1)N1CCOCC1. The summed E-state index contributed by atoms with van der Waals surface area (Å²) in [5, 5.41) is 5.89. The predicted molar refractivity (Wildman–Crippen MR) is 96.1 cm³/mol. The van der Waals surface area contributed by atoms with Crippen LogP contribution < -0.4 is 10.6 Å². The van der Waals surface area contributed by atoms with Gasteiger partial charge in [0.05, 0.1) is 19.3 Å². The van der Waals surface area contributed by atoms with E-state index in [0.29, 0.717) is 13.1 Å². The van der Waals surface area contributed by atoms with Crippen LogP contribution in [0.4, 0.5) is 4.79 Å². The maximum atomic E-state index is 12.2. The molecule has 0 spiro atoms. The number of nitrogens with one attached hydrogen (secondary N) is 2. The van der Waals surface area contributed by atoms with Crippen molar-refractivity contribution in [1.82, 2.24) is 20.5 Å². The molecule has 25 heavy (non-hydrogen) atoms. The van der Waals surface area contributed by atoms with Crippen LogP contribution in [-0.4, -0.2) is 48.8 Å². The van der Waals surface area contributed by atoms with Crippen LogP contribution in [0.3, 0.4) is 0 Å². The number of carbonyl (C=O) groups excluding carboxylic acids is 1. The van der Waals surface area contributed by atoms with Gasteiger partial charge >= 0.3 is 6.03 Å². The van der Waals surface area contributed by atoms with Crippen LogP contribution >= 0.6 is 0 Å². The monoisotopic (exact) mass is 340 g/mol.